The molecule has 1 heterocycles. The minimum Gasteiger partial charge on any atom is -0.396 e. The highest BCUT2D eigenvalue weighted by atomic mass is 32.2. The Morgan fingerprint density at radius 3 is 2.43 bits per heavy atom. The number of benzene rings is 1. The molecule has 0 saturated carbocycles. The van der Waals surface area contributed by atoms with E-state index in [1.165, 1.54) is 10.9 Å². The molecule has 0 saturated heterocycles. The zero-order chi connectivity index (χ0) is 15.5. The van der Waals surface area contributed by atoms with E-state index in [0.717, 1.165) is 6.26 Å². The van der Waals surface area contributed by atoms with E-state index in [1.54, 1.807) is 30.5 Å². The van der Waals surface area contributed by atoms with Gasteiger partial charge in [0.1, 0.15) is 6.54 Å². The minimum atomic E-state index is -3.31. The molecule has 8 nitrogen and oxygen atoms in total. The molecule has 1 amide bonds. The maximum Gasteiger partial charge on any atom is 0.246 e. The van der Waals surface area contributed by atoms with E-state index < -0.39 is 10.0 Å². The van der Waals surface area contributed by atoms with Gasteiger partial charge < -0.3 is 11.1 Å². The number of aromatic nitrogens is 2. The Bertz CT molecular complexity index is 737. The Labute approximate surface area is 122 Å². The molecule has 0 aliphatic carbocycles. The third-order valence-corrected chi connectivity index (χ3v) is 3.04. The van der Waals surface area contributed by atoms with Crippen molar-refractivity contribution in [3.63, 3.8) is 0 Å². The highest BCUT2D eigenvalue weighted by Gasteiger charge is 2.06. The Kier molecular flexibility index (Phi) is 4.13. The normalized spacial score (nSPS) is 11.1. The molecule has 0 unspecified atom stereocenters. The third-order valence-electron chi connectivity index (χ3n) is 2.43. The van der Waals surface area contributed by atoms with Gasteiger partial charge in [0.15, 0.2) is 0 Å². The summed E-state index contributed by atoms with van der Waals surface area (Å²) in [7, 11) is -3.31. The Balaban J connectivity index is 1.95. The molecule has 0 bridgehead atoms. The molecule has 0 aliphatic rings. The van der Waals surface area contributed by atoms with Crippen molar-refractivity contribution in [3.8, 4) is 0 Å². The molecule has 0 radical (unpaired) electrons. The number of carbonyl (C=O) groups is 1. The Morgan fingerprint density at radius 1 is 1.29 bits per heavy atom. The topological polar surface area (TPSA) is 119 Å². The first-order valence-corrected chi connectivity index (χ1v) is 7.86. The first-order valence-electron chi connectivity index (χ1n) is 5.97. The molecule has 2 aromatic rings. The summed E-state index contributed by atoms with van der Waals surface area (Å²) < 4.78 is 25.9. The predicted octanol–water partition coefficient (Wildman–Crippen LogP) is 0.475. The highest BCUT2D eigenvalue weighted by molar-refractivity contribution is 7.92. The molecule has 21 heavy (non-hydrogen) atoms. The number of rotatable bonds is 5. The van der Waals surface area contributed by atoms with Crippen LogP contribution in [0.1, 0.15) is 0 Å². The minimum absolute atomic E-state index is 0.0422. The molecule has 4 N–H and O–H groups in total. The maximum absolute atomic E-state index is 11.8. The summed E-state index contributed by atoms with van der Waals surface area (Å²) in [5, 5.41) is 6.58. The van der Waals surface area contributed by atoms with Gasteiger partial charge in [-0.1, -0.05) is 0 Å². The summed E-state index contributed by atoms with van der Waals surface area (Å²) in [6.07, 6.45) is 4.08. The van der Waals surface area contributed by atoms with Crippen LogP contribution in [0.2, 0.25) is 0 Å². The fraction of sp³-hybridized carbons (Fsp3) is 0.167. The molecule has 1 aromatic heterocycles. The quantitative estimate of drug-likeness (QED) is 0.742. The first kappa shape index (κ1) is 14.9. The van der Waals surface area contributed by atoms with E-state index in [9.17, 15) is 13.2 Å². The molecule has 112 valence electrons. The van der Waals surface area contributed by atoms with E-state index in [2.05, 4.69) is 15.1 Å². The molecule has 0 atom stereocenters. The van der Waals surface area contributed by atoms with E-state index in [4.69, 9.17) is 5.73 Å². The zero-order valence-electron chi connectivity index (χ0n) is 11.3. The van der Waals surface area contributed by atoms with Crippen molar-refractivity contribution in [3.05, 3.63) is 36.7 Å². The monoisotopic (exact) mass is 309 g/mol. The van der Waals surface area contributed by atoms with Gasteiger partial charge in [-0.05, 0) is 24.3 Å². The van der Waals surface area contributed by atoms with Crippen LogP contribution in [-0.2, 0) is 21.4 Å². The average Bonchev–Trinajstić information content (AvgIpc) is 2.75. The lowest BCUT2D eigenvalue weighted by molar-refractivity contribution is -0.116. The van der Waals surface area contributed by atoms with Crippen molar-refractivity contribution in [1.82, 2.24) is 9.78 Å². The smallest absolute Gasteiger partial charge is 0.246 e. The van der Waals surface area contributed by atoms with Crippen molar-refractivity contribution in [1.29, 1.82) is 0 Å². The average molecular weight is 309 g/mol. The van der Waals surface area contributed by atoms with Crippen molar-refractivity contribution >= 4 is 33.0 Å². The van der Waals surface area contributed by atoms with Gasteiger partial charge in [-0.25, -0.2) is 8.42 Å². The number of carbonyl (C=O) groups excluding carboxylic acids is 1. The van der Waals surface area contributed by atoms with Gasteiger partial charge in [0, 0.05) is 17.6 Å². The van der Waals surface area contributed by atoms with E-state index in [0.29, 0.717) is 17.1 Å². The van der Waals surface area contributed by atoms with Crippen LogP contribution < -0.4 is 15.8 Å². The number of nitrogen functional groups attached to an aromatic ring is 1. The van der Waals surface area contributed by atoms with Crippen molar-refractivity contribution in [2.75, 3.05) is 22.0 Å². The zero-order valence-corrected chi connectivity index (χ0v) is 12.1. The number of hydrogen-bond acceptors (Lipinski definition) is 5. The summed E-state index contributed by atoms with van der Waals surface area (Å²) in [4.78, 5) is 11.8. The number of nitrogens with zero attached hydrogens (tertiary/aromatic N) is 2. The van der Waals surface area contributed by atoms with E-state index in [-0.39, 0.29) is 12.5 Å². The fourth-order valence-electron chi connectivity index (χ4n) is 1.65. The fourth-order valence-corrected chi connectivity index (χ4v) is 2.21. The Hall–Kier alpha value is -2.55. The van der Waals surface area contributed by atoms with Crippen LogP contribution >= 0.6 is 0 Å². The van der Waals surface area contributed by atoms with Crippen LogP contribution in [-0.4, -0.2) is 30.4 Å². The molecule has 0 aliphatic heterocycles. The first-order chi connectivity index (χ1) is 9.82. The molecule has 9 heteroatoms. The second-order valence-electron chi connectivity index (χ2n) is 4.47. The number of anilines is 3. The van der Waals surface area contributed by atoms with Gasteiger partial charge in [0.25, 0.3) is 0 Å². The van der Waals surface area contributed by atoms with Crippen LogP contribution in [0.3, 0.4) is 0 Å². The third kappa shape index (κ3) is 4.80. The van der Waals surface area contributed by atoms with Gasteiger partial charge >= 0.3 is 0 Å². The van der Waals surface area contributed by atoms with E-state index in [1.807, 2.05) is 0 Å². The number of nitrogens with one attached hydrogen (secondary N) is 2. The summed E-state index contributed by atoms with van der Waals surface area (Å²) >= 11 is 0. The van der Waals surface area contributed by atoms with Crippen LogP contribution in [0.15, 0.2) is 36.7 Å². The molecular formula is C12H15N5O3S. The summed E-state index contributed by atoms with van der Waals surface area (Å²) in [6, 6.07) is 6.32. The number of nitrogens with two attached hydrogens (primary N) is 1. The van der Waals surface area contributed by atoms with E-state index >= 15 is 0 Å². The van der Waals surface area contributed by atoms with Gasteiger partial charge in [0.2, 0.25) is 15.9 Å². The van der Waals surface area contributed by atoms with Gasteiger partial charge in [-0.3, -0.25) is 14.2 Å². The number of amides is 1. The largest absolute Gasteiger partial charge is 0.396 e. The summed E-state index contributed by atoms with van der Waals surface area (Å²) in [5.41, 5.74) is 6.97. The second kappa shape index (κ2) is 5.83. The van der Waals surface area contributed by atoms with Crippen LogP contribution in [0.25, 0.3) is 0 Å². The second-order valence-corrected chi connectivity index (χ2v) is 6.22. The van der Waals surface area contributed by atoms with Gasteiger partial charge in [-0.15, -0.1) is 0 Å². The maximum atomic E-state index is 11.8. The van der Waals surface area contributed by atoms with Crippen molar-refractivity contribution in [2.45, 2.75) is 6.54 Å². The van der Waals surface area contributed by atoms with Crippen LogP contribution in [0, 0.1) is 0 Å². The lowest BCUT2D eigenvalue weighted by Gasteiger charge is -2.07. The molecule has 2 rings (SSSR count). The standard InChI is InChI=1S/C12H15N5O3S/c1-21(19,20)16-11-4-2-10(3-5-11)15-12(18)8-17-7-9(13)6-14-17/h2-7,16H,8,13H2,1H3,(H,15,18). The van der Waals surface area contributed by atoms with Gasteiger partial charge in [-0.2, -0.15) is 5.10 Å². The van der Waals surface area contributed by atoms with Crippen molar-refractivity contribution < 1.29 is 13.2 Å². The SMILES string of the molecule is CS(=O)(=O)Nc1ccc(NC(=O)Cn2cc(N)cn2)cc1. The molecule has 0 spiro atoms. The van der Waals surface area contributed by atoms with Crippen LogP contribution in [0.4, 0.5) is 17.1 Å². The highest BCUT2D eigenvalue weighted by Crippen LogP contribution is 2.14. The summed E-state index contributed by atoms with van der Waals surface area (Å²) in [6.45, 7) is 0.0422. The predicted molar refractivity (Wildman–Crippen MR) is 80.2 cm³/mol. The molecule has 1 aromatic carbocycles. The number of hydrogen-bond donors (Lipinski definition) is 3. The molecule has 0 fully saturated rings. The summed E-state index contributed by atoms with van der Waals surface area (Å²) in [5.74, 6) is -0.262. The lowest BCUT2D eigenvalue weighted by atomic mass is 10.3. The lowest BCUT2D eigenvalue weighted by Crippen LogP contribution is -2.19. The van der Waals surface area contributed by atoms with Crippen LogP contribution in [0.5, 0.6) is 0 Å². The van der Waals surface area contributed by atoms with Crippen molar-refractivity contribution in [2.24, 2.45) is 0 Å². The molecular weight excluding hydrogens is 294 g/mol. The van der Waals surface area contributed by atoms with Gasteiger partial charge in [0.05, 0.1) is 18.1 Å². The Morgan fingerprint density at radius 2 is 1.90 bits per heavy atom. The number of sulfonamides is 1.